The number of carbonyl (C=O) groups is 1. The van der Waals surface area contributed by atoms with E-state index in [4.69, 9.17) is 0 Å². The van der Waals surface area contributed by atoms with Crippen LogP contribution in [0.1, 0.15) is 22.8 Å². The van der Waals surface area contributed by atoms with E-state index in [1.54, 1.807) is 0 Å². The summed E-state index contributed by atoms with van der Waals surface area (Å²) in [7, 11) is 0. The Hall–Kier alpha value is -1.39. The van der Waals surface area contributed by atoms with Crippen LogP contribution < -0.4 is 10.7 Å². The third-order valence-corrected chi connectivity index (χ3v) is 3.00. The van der Waals surface area contributed by atoms with Gasteiger partial charge in [-0.2, -0.15) is 0 Å². The predicted octanol–water partition coefficient (Wildman–Crippen LogP) is 0.799. The molecule has 1 aliphatic rings. The van der Waals surface area contributed by atoms with E-state index >= 15 is 0 Å². The molecule has 2 N–H and O–H groups in total. The van der Waals surface area contributed by atoms with Crippen LogP contribution in [-0.4, -0.2) is 37.1 Å². The summed E-state index contributed by atoms with van der Waals surface area (Å²) in [5.41, 5.74) is 4.90. The van der Waals surface area contributed by atoms with Gasteiger partial charge < -0.3 is 5.32 Å². The normalized spacial score (nSPS) is 16.8. The van der Waals surface area contributed by atoms with E-state index in [-0.39, 0.29) is 5.91 Å². The number of aryl methyl sites for hydroxylation is 1. The second-order valence-corrected chi connectivity index (χ2v) is 4.23. The van der Waals surface area contributed by atoms with Crippen molar-refractivity contribution in [2.24, 2.45) is 0 Å². The lowest BCUT2D eigenvalue weighted by atomic mass is 10.1. The summed E-state index contributed by atoms with van der Waals surface area (Å²) >= 11 is 0. The van der Waals surface area contributed by atoms with Gasteiger partial charge in [-0.25, -0.2) is 5.01 Å². The first-order valence-electron chi connectivity index (χ1n) is 6.15. The largest absolute Gasteiger partial charge is 0.314 e. The van der Waals surface area contributed by atoms with Gasteiger partial charge in [0.15, 0.2) is 0 Å². The van der Waals surface area contributed by atoms with Gasteiger partial charge in [0.1, 0.15) is 0 Å². The van der Waals surface area contributed by atoms with Gasteiger partial charge >= 0.3 is 0 Å². The molecule has 0 spiro atoms. The molecular formula is C13H19N3O. The van der Waals surface area contributed by atoms with Crippen molar-refractivity contribution in [1.29, 1.82) is 0 Å². The maximum Gasteiger partial charge on any atom is 0.265 e. The van der Waals surface area contributed by atoms with E-state index in [1.165, 1.54) is 5.56 Å². The van der Waals surface area contributed by atoms with Crippen LogP contribution in [0.4, 0.5) is 0 Å². The first-order valence-corrected chi connectivity index (χ1v) is 6.15. The summed E-state index contributed by atoms with van der Waals surface area (Å²) in [4.78, 5) is 11.9. The Bertz CT molecular complexity index is 369. The average molecular weight is 233 g/mol. The van der Waals surface area contributed by atoms with E-state index in [0.717, 1.165) is 38.2 Å². The summed E-state index contributed by atoms with van der Waals surface area (Å²) < 4.78 is 0. The van der Waals surface area contributed by atoms with Crippen LogP contribution >= 0.6 is 0 Å². The Morgan fingerprint density at radius 1 is 1.29 bits per heavy atom. The molecule has 0 unspecified atom stereocenters. The van der Waals surface area contributed by atoms with Gasteiger partial charge in [-0.3, -0.25) is 10.2 Å². The number of hydrogen-bond acceptors (Lipinski definition) is 3. The van der Waals surface area contributed by atoms with Crippen molar-refractivity contribution in [2.45, 2.75) is 13.3 Å². The van der Waals surface area contributed by atoms with E-state index in [9.17, 15) is 4.79 Å². The van der Waals surface area contributed by atoms with Gasteiger partial charge in [0, 0.05) is 31.7 Å². The fourth-order valence-electron chi connectivity index (χ4n) is 1.88. The highest BCUT2D eigenvalue weighted by molar-refractivity contribution is 5.93. The molecule has 0 atom stereocenters. The average Bonchev–Trinajstić information content (AvgIpc) is 2.40. The Morgan fingerprint density at radius 2 is 1.94 bits per heavy atom. The van der Waals surface area contributed by atoms with E-state index in [2.05, 4.69) is 17.7 Å². The lowest BCUT2D eigenvalue weighted by Gasteiger charge is -2.27. The van der Waals surface area contributed by atoms with Gasteiger partial charge in [-0.15, -0.1) is 0 Å². The molecule has 92 valence electrons. The van der Waals surface area contributed by atoms with Crippen molar-refractivity contribution in [3.63, 3.8) is 0 Å². The number of piperazine rings is 1. The smallest absolute Gasteiger partial charge is 0.265 e. The number of amides is 1. The van der Waals surface area contributed by atoms with Gasteiger partial charge in [0.25, 0.3) is 5.91 Å². The maximum absolute atomic E-state index is 11.9. The number of nitrogens with zero attached hydrogens (tertiary/aromatic N) is 1. The highest BCUT2D eigenvalue weighted by Crippen LogP contribution is 2.05. The van der Waals surface area contributed by atoms with Gasteiger partial charge in [-0.1, -0.05) is 19.1 Å². The molecule has 1 saturated heterocycles. The molecule has 1 aromatic carbocycles. The highest BCUT2D eigenvalue weighted by Gasteiger charge is 2.13. The second-order valence-electron chi connectivity index (χ2n) is 4.23. The van der Waals surface area contributed by atoms with Crippen LogP contribution in [0.3, 0.4) is 0 Å². The zero-order valence-electron chi connectivity index (χ0n) is 10.2. The monoisotopic (exact) mass is 233 g/mol. The Balaban J connectivity index is 1.93. The van der Waals surface area contributed by atoms with E-state index in [1.807, 2.05) is 29.3 Å². The molecule has 0 aliphatic carbocycles. The van der Waals surface area contributed by atoms with Crippen molar-refractivity contribution in [2.75, 3.05) is 26.2 Å². The minimum absolute atomic E-state index is 0.0189. The molecule has 1 aromatic rings. The second kappa shape index (κ2) is 5.80. The third kappa shape index (κ3) is 3.28. The molecule has 4 nitrogen and oxygen atoms in total. The minimum atomic E-state index is -0.0189. The number of carbonyl (C=O) groups excluding carboxylic acids is 1. The van der Waals surface area contributed by atoms with E-state index < -0.39 is 0 Å². The number of nitrogens with one attached hydrogen (secondary N) is 2. The fraction of sp³-hybridized carbons (Fsp3) is 0.462. The van der Waals surface area contributed by atoms with Gasteiger partial charge in [0.2, 0.25) is 0 Å². The molecule has 17 heavy (non-hydrogen) atoms. The van der Waals surface area contributed by atoms with Crippen LogP contribution in [0, 0.1) is 0 Å². The van der Waals surface area contributed by atoms with E-state index in [0.29, 0.717) is 0 Å². The third-order valence-electron chi connectivity index (χ3n) is 3.00. The zero-order chi connectivity index (χ0) is 12.1. The highest BCUT2D eigenvalue weighted by atomic mass is 16.2. The minimum Gasteiger partial charge on any atom is -0.314 e. The van der Waals surface area contributed by atoms with Crippen LogP contribution in [0.25, 0.3) is 0 Å². The molecular weight excluding hydrogens is 214 g/mol. The summed E-state index contributed by atoms with van der Waals surface area (Å²) in [5.74, 6) is -0.0189. The topological polar surface area (TPSA) is 44.4 Å². The molecule has 0 aromatic heterocycles. The van der Waals surface area contributed by atoms with Crippen LogP contribution in [0.15, 0.2) is 24.3 Å². The molecule has 0 radical (unpaired) electrons. The number of rotatable bonds is 3. The number of hydrazine groups is 1. The number of benzene rings is 1. The molecule has 0 bridgehead atoms. The molecule has 4 heteroatoms. The lowest BCUT2D eigenvalue weighted by molar-refractivity contribution is 0.0765. The summed E-state index contributed by atoms with van der Waals surface area (Å²) in [5, 5.41) is 5.21. The standard InChI is InChI=1S/C13H19N3O/c1-2-11-3-5-12(6-4-11)13(17)15-16-9-7-14-8-10-16/h3-6,14H,2,7-10H2,1H3,(H,15,17). The van der Waals surface area contributed by atoms with Crippen LogP contribution in [0.2, 0.25) is 0 Å². The van der Waals surface area contributed by atoms with Crippen molar-refractivity contribution >= 4 is 5.91 Å². The zero-order valence-corrected chi connectivity index (χ0v) is 10.2. The molecule has 2 rings (SSSR count). The van der Waals surface area contributed by atoms with Crippen molar-refractivity contribution < 1.29 is 4.79 Å². The molecule has 1 fully saturated rings. The first-order chi connectivity index (χ1) is 8.29. The van der Waals surface area contributed by atoms with Crippen molar-refractivity contribution in [1.82, 2.24) is 15.8 Å². The quantitative estimate of drug-likeness (QED) is 0.811. The van der Waals surface area contributed by atoms with Gasteiger partial charge in [-0.05, 0) is 24.1 Å². The SMILES string of the molecule is CCc1ccc(C(=O)NN2CCNCC2)cc1. The van der Waals surface area contributed by atoms with Crippen molar-refractivity contribution in [3.8, 4) is 0 Å². The Kier molecular flexibility index (Phi) is 4.12. The molecule has 0 saturated carbocycles. The molecule has 1 heterocycles. The fourth-order valence-corrected chi connectivity index (χ4v) is 1.88. The molecule has 1 amide bonds. The van der Waals surface area contributed by atoms with Gasteiger partial charge in [0.05, 0.1) is 0 Å². The summed E-state index contributed by atoms with van der Waals surface area (Å²) in [6.07, 6.45) is 1.000. The Morgan fingerprint density at radius 3 is 2.53 bits per heavy atom. The van der Waals surface area contributed by atoms with Crippen LogP contribution in [-0.2, 0) is 6.42 Å². The summed E-state index contributed by atoms with van der Waals surface area (Å²) in [6, 6.07) is 7.78. The number of hydrogen-bond donors (Lipinski definition) is 2. The van der Waals surface area contributed by atoms with Crippen molar-refractivity contribution in [3.05, 3.63) is 35.4 Å². The summed E-state index contributed by atoms with van der Waals surface area (Å²) in [6.45, 7) is 5.68. The Labute approximate surface area is 102 Å². The van der Waals surface area contributed by atoms with Crippen LogP contribution in [0.5, 0.6) is 0 Å². The molecule has 1 aliphatic heterocycles. The predicted molar refractivity (Wildman–Crippen MR) is 67.7 cm³/mol. The maximum atomic E-state index is 11.9. The lowest BCUT2D eigenvalue weighted by Crippen LogP contribution is -2.52. The first kappa shape index (κ1) is 12.1.